The summed E-state index contributed by atoms with van der Waals surface area (Å²) in [5.74, 6) is 3.00. The van der Waals surface area contributed by atoms with Crippen LogP contribution < -0.4 is 0 Å². The predicted octanol–water partition coefficient (Wildman–Crippen LogP) is 2.67. The molecule has 0 atom stereocenters. The van der Waals surface area contributed by atoms with Crippen LogP contribution in [0.5, 0.6) is 0 Å². The molecule has 0 unspecified atom stereocenters. The van der Waals surface area contributed by atoms with Crippen LogP contribution >= 0.6 is 0 Å². The van der Waals surface area contributed by atoms with Gasteiger partial charge in [-0.3, -0.25) is 0 Å². The molecular weight excluding hydrogens is 124 g/mol. The summed E-state index contributed by atoms with van der Waals surface area (Å²) < 4.78 is 0. The lowest BCUT2D eigenvalue weighted by molar-refractivity contribution is 1.03. The minimum atomic E-state index is -1.14. The summed E-state index contributed by atoms with van der Waals surface area (Å²) >= 11 is 0. The molecule has 0 saturated heterocycles. The molecule has 0 rings (SSSR count). The Hall–Kier alpha value is -0.223. The van der Waals surface area contributed by atoms with Crippen LogP contribution in [0.25, 0.3) is 0 Å². The second-order valence-electron chi connectivity index (χ2n) is 3.25. The van der Waals surface area contributed by atoms with E-state index < -0.39 is 8.07 Å². The van der Waals surface area contributed by atoms with Gasteiger partial charge in [-0.1, -0.05) is 26.9 Å². The van der Waals surface area contributed by atoms with Crippen LogP contribution in [-0.4, -0.2) is 8.07 Å². The lowest BCUT2D eigenvalue weighted by atomic mass is 10.6. The Balaban J connectivity index is 4.13. The zero-order valence-corrected chi connectivity index (χ0v) is 8.08. The van der Waals surface area contributed by atoms with Crippen molar-refractivity contribution in [3.05, 3.63) is 0 Å². The van der Waals surface area contributed by atoms with E-state index in [0.717, 1.165) is 5.54 Å². The smallest absolute Gasteiger partial charge is 0.132 e. The van der Waals surface area contributed by atoms with E-state index >= 15 is 0 Å². The van der Waals surface area contributed by atoms with Crippen molar-refractivity contribution in [2.75, 3.05) is 0 Å². The van der Waals surface area contributed by atoms with Gasteiger partial charge in [0.05, 0.1) is 0 Å². The monoisotopic (exact) mass is 140 g/mol. The van der Waals surface area contributed by atoms with Crippen LogP contribution in [0.2, 0.25) is 18.6 Å². The van der Waals surface area contributed by atoms with Gasteiger partial charge < -0.3 is 0 Å². The van der Waals surface area contributed by atoms with E-state index in [1.165, 1.54) is 0 Å². The van der Waals surface area contributed by atoms with Crippen molar-refractivity contribution in [3.8, 4) is 11.5 Å². The first-order chi connectivity index (χ1) is 4.00. The van der Waals surface area contributed by atoms with Gasteiger partial charge in [-0.2, -0.15) is 0 Å². The lowest BCUT2D eigenvalue weighted by Gasteiger charge is -2.18. The second-order valence-corrected chi connectivity index (χ2v) is 8.10. The minimum absolute atomic E-state index is 0.782. The molecular formula is C8H16Si. The SMILES string of the molecule is CC#C[Si](C)(C)C(C)C. The molecule has 0 N–H and O–H groups in total. The average Bonchev–Trinajstić information content (AvgIpc) is 1.65. The molecule has 0 aliphatic heterocycles. The van der Waals surface area contributed by atoms with Crippen molar-refractivity contribution in [1.82, 2.24) is 0 Å². The molecule has 0 saturated carbocycles. The Morgan fingerprint density at radius 2 is 1.67 bits per heavy atom. The standard InChI is InChI=1S/C8H16Si/c1-6-7-9(4,5)8(2)3/h8H,1-5H3. The maximum absolute atomic E-state index is 3.31. The molecule has 0 radical (unpaired) electrons. The molecule has 52 valence electrons. The molecule has 0 aromatic carbocycles. The van der Waals surface area contributed by atoms with Gasteiger partial charge in [-0.15, -0.1) is 11.5 Å². The van der Waals surface area contributed by atoms with Gasteiger partial charge in [0, 0.05) is 0 Å². The van der Waals surface area contributed by atoms with Crippen molar-refractivity contribution in [3.63, 3.8) is 0 Å². The summed E-state index contributed by atoms with van der Waals surface area (Å²) in [4.78, 5) is 0. The molecule has 0 aromatic heterocycles. The molecule has 0 aliphatic carbocycles. The molecule has 9 heavy (non-hydrogen) atoms. The van der Waals surface area contributed by atoms with Gasteiger partial charge in [0.25, 0.3) is 0 Å². The lowest BCUT2D eigenvalue weighted by Crippen LogP contribution is -2.27. The fraction of sp³-hybridized carbons (Fsp3) is 0.750. The quantitative estimate of drug-likeness (QED) is 0.388. The van der Waals surface area contributed by atoms with Crippen LogP contribution in [0.1, 0.15) is 20.8 Å². The first kappa shape index (κ1) is 8.78. The third kappa shape index (κ3) is 2.72. The highest BCUT2D eigenvalue weighted by atomic mass is 28.3. The molecule has 0 fully saturated rings. The van der Waals surface area contributed by atoms with Crippen molar-refractivity contribution in [2.24, 2.45) is 0 Å². The van der Waals surface area contributed by atoms with Crippen LogP contribution in [0.3, 0.4) is 0 Å². The Kier molecular flexibility index (Phi) is 3.00. The topological polar surface area (TPSA) is 0 Å². The average molecular weight is 140 g/mol. The normalized spacial score (nSPS) is 10.9. The first-order valence-corrected chi connectivity index (χ1v) is 6.52. The van der Waals surface area contributed by atoms with Crippen molar-refractivity contribution >= 4 is 8.07 Å². The first-order valence-electron chi connectivity index (χ1n) is 3.44. The molecule has 0 heterocycles. The maximum Gasteiger partial charge on any atom is 0.134 e. The summed E-state index contributed by atoms with van der Waals surface area (Å²) in [5.41, 5.74) is 4.09. The summed E-state index contributed by atoms with van der Waals surface area (Å²) in [7, 11) is -1.14. The van der Waals surface area contributed by atoms with Crippen molar-refractivity contribution < 1.29 is 0 Å². The van der Waals surface area contributed by atoms with E-state index in [1.807, 2.05) is 6.92 Å². The molecule has 0 nitrogen and oxygen atoms in total. The van der Waals surface area contributed by atoms with E-state index in [9.17, 15) is 0 Å². The summed E-state index contributed by atoms with van der Waals surface area (Å²) in [6.07, 6.45) is 0. The molecule has 0 aromatic rings. The summed E-state index contributed by atoms with van der Waals surface area (Å²) in [6, 6.07) is 0. The van der Waals surface area contributed by atoms with Gasteiger partial charge in [-0.25, -0.2) is 0 Å². The summed E-state index contributed by atoms with van der Waals surface area (Å²) in [5, 5.41) is 0. The van der Waals surface area contributed by atoms with E-state index in [0.29, 0.717) is 0 Å². The van der Waals surface area contributed by atoms with Crippen LogP contribution in [0, 0.1) is 11.5 Å². The minimum Gasteiger partial charge on any atom is -0.132 e. The highest BCUT2D eigenvalue weighted by molar-refractivity contribution is 6.86. The van der Waals surface area contributed by atoms with Gasteiger partial charge in [0.2, 0.25) is 0 Å². The molecule has 0 spiro atoms. The van der Waals surface area contributed by atoms with Crippen LogP contribution in [0.15, 0.2) is 0 Å². The van der Waals surface area contributed by atoms with E-state index in [4.69, 9.17) is 0 Å². The summed E-state index contributed by atoms with van der Waals surface area (Å²) in [6.45, 7) is 11.1. The molecule has 0 bridgehead atoms. The van der Waals surface area contributed by atoms with E-state index in [1.54, 1.807) is 0 Å². The van der Waals surface area contributed by atoms with Gasteiger partial charge >= 0.3 is 0 Å². The largest absolute Gasteiger partial charge is 0.134 e. The maximum atomic E-state index is 3.31. The molecule has 0 amide bonds. The van der Waals surface area contributed by atoms with Crippen molar-refractivity contribution in [1.29, 1.82) is 0 Å². The predicted molar refractivity (Wildman–Crippen MR) is 46.0 cm³/mol. The Labute approximate surface area is 59.7 Å². The van der Waals surface area contributed by atoms with E-state index in [2.05, 4.69) is 38.4 Å². The Morgan fingerprint density at radius 3 is 1.78 bits per heavy atom. The van der Waals surface area contributed by atoms with Crippen molar-refractivity contribution in [2.45, 2.75) is 39.4 Å². The van der Waals surface area contributed by atoms with Gasteiger partial charge in [0.1, 0.15) is 8.07 Å². The number of hydrogen-bond donors (Lipinski definition) is 0. The van der Waals surface area contributed by atoms with Gasteiger partial charge in [0.15, 0.2) is 0 Å². The fourth-order valence-corrected chi connectivity index (χ4v) is 1.40. The fourth-order valence-electron chi connectivity index (χ4n) is 0.467. The molecule has 0 aliphatic rings. The number of hydrogen-bond acceptors (Lipinski definition) is 0. The Morgan fingerprint density at radius 1 is 1.22 bits per heavy atom. The zero-order valence-electron chi connectivity index (χ0n) is 7.08. The van der Waals surface area contributed by atoms with Crippen LogP contribution in [0.4, 0.5) is 0 Å². The third-order valence-corrected chi connectivity index (χ3v) is 5.67. The number of rotatable bonds is 1. The highest BCUT2D eigenvalue weighted by Gasteiger charge is 2.21. The van der Waals surface area contributed by atoms with Gasteiger partial charge in [-0.05, 0) is 12.5 Å². The molecule has 1 heteroatoms. The highest BCUT2D eigenvalue weighted by Crippen LogP contribution is 2.18. The zero-order chi connectivity index (χ0) is 7.49. The van der Waals surface area contributed by atoms with Crippen LogP contribution in [-0.2, 0) is 0 Å². The third-order valence-electron chi connectivity index (χ3n) is 1.89. The van der Waals surface area contributed by atoms with E-state index in [-0.39, 0.29) is 0 Å². The Bertz CT molecular complexity index is 134. The second kappa shape index (κ2) is 3.08.